The van der Waals surface area contributed by atoms with E-state index in [1.807, 2.05) is 0 Å². The Kier molecular flexibility index (Phi) is 3.06. The fourth-order valence-corrected chi connectivity index (χ4v) is 1.04. The number of nitrogens with zero attached hydrogens (tertiary/aromatic N) is 2. The van der Waals surface area contributed by atoms with Crippen molar-refractivity contribution in [3.8, 4) is 17.9 Å². The molecule has 0 fully saturated rings. The summed E-state index contributed by atoms with van der Waals surface area (Å²) >= 11 is 5.69. The summed E-state index contributed by atoms with van der Waals surface area (Å²) < 4.78 is 0. The monoisotopic (exact) mass is 206 g/mol. The summed E-state index contributed by atoms with van der Waals surface area (Å²) in [6, 6.07) is 5.52. The maximum absolute atomic E-state index is 10.3. The van der Waals surface area contributed by atoms with Gasteiger partial charge in [-0.25, -0.2) is 0 Å². The van der Waals surface area contributed by atoms with Gasteiger partial charge in [-0.2, -0.15) is 5.26 Å². The van der Waals surface area contributed by atoms with E-state index in [0.29, 0.717) is 5.56 Å². The Labute approximate surface area is 84.9 Å². The van der Waals surface area contributed by atoms with Crippen molar-refractivity contribution in [2.24, 2.45) is 0 Å². The van der Waals surface area contributed by atoms with E-state index in [1.54, 1.807) is 6.07 Å². The normalized spacial score (nSPS) is 8.29. The number of nitro groups is 1. The smallest absolute Gasteiger partial charge is 0.258 e. The number of benzene rings is 1. The zero-order chi connectivity index (χ0) is 10.6. The predicted molar refractivity (Wildman–Crippen MR) is 50.6 cm³/mol. The van der Waals surface area contributed by atoms with E-state index in [9.17, 15) is 10.1 Å². The summed E-state index contributed by atoms with van der Waals surface area (Å²) in [6.45, 7) is 0. The first-order valence-corrected chi connectivity index (χ1v) is 3.87. The van der Waals surface area contributed by atoms with Crippen molar-refractivity contribution in [3.05, 3.63) is 38.9 Å². The van der Waals surface area contributed by atoms with Crippen LogP contribution in [0, 0.1) is 33.3 Å². The van der Waals surface area contributed by atoms with Crippen molar-refractivity contribution in [1.82, 2.24) is 0 Å². The molecule has 0 saturated carbocycles. The van der Waals surface area contributed by atoms with Crippen molar-refractivity contribution in [2.45, 2.75) is 0 Å². The van der Waals surface area contributed by atoms with Crippen LogP contribution in [0.25, 0.3) is 0 Å². The lowest BCUT2D eigenvalue weighted by atomic mass is 10.2. The zero-order valence-corrected chi connectivity index (χ0v) is 7.58. The SMILES string of the molecule is N#CC#Cc1ccc([N+](=O)[O-])cc1Cl. The molecule has 4 nitrogen and oxygen atoms in total. The van der Waals surface area contributed by atoms with Gasteiger partial charge >= 0.3 is 0 Å². The largest absolute Gasteiger partial charge is 0.271 e. The molecule has 1 aromatic carbocycles. The number of nitriles is 1. The molecule has 0 saturated heterocycles. The van der Waals surface area contributed by atoms with Crippen molar-refractivity contribution < 1.29 is 4.92 Å². The third kappa shape index (κ3) is 2.22. The van der Waals surface area contributed by atoms with Gasteiger partial charge in [-0.1, -0.05) is 11.6 Å². The molecule has 68 valence electrons. The minimum absolute atomic E-state index is 0.0995. The van der Waals surface area contributed by atoms with Crippen LogP contribution in [0.3, 0.4) is 0 Å². The molecule has 0 unspecified atom stereocenters. The van der Waals surface area contributed by atoms with Crippen LogP contribution in [0.1, 0.15) is 5.56 Å². The molecule has 0 atom stereocenters. The standard InChI is InChI=1S/C9H3ClN2O2/c10-9-6-8(12(13)14)4-3-7(9)2-1-5-11/h3-4,6H. The minimum atomic E-state index is -0.548. The van der Waals surface area contributed by atoms with E-state index < -0.39 is 4.92 Å². The Morgan fingerprint density at radius 3 is 2.71 bits per heavy atom. The molecule has 14 heavy (non-hydrogen) atoms. The highest BCUT2D eigenvalue weighted by molar-refractivity contribution is 6.32. The summed E-state index contributed by atoms with van der Waals surface area (Å²) in [5.41, 5.74) is 0.302. The molecule has 0 amide bonds. The Balaban J connectivity index is 3.15. The molecule has 0 aliphatic rings. The van der Waals surface area contributed by atoms with Gasteiger partial charge in [0.15, 0.2) is 6.07 Å². The quantitative estimate of drug-likeness (QED) is 0.402. The van der Waals surface area contributed by atoms with E-state index in [0.717, 1.165) is 0 Å². The molecule has 0 spiro atoms. The molecule has 0 aliphatic heterocycles. The van der Waals surface area contributed by atoms with Crippen LogP contribution in [-0.4, -0.2) is 4.92 Å². The van der Waals surface area contributed by atoms with Gasteiger partial charge in [0.1, 0.15) is 0 Å². The summed E-state index contributed by atoms with van der Waals surface area (Å²) in [7, 11) is 0. The molecule has 0 radical (unpaired) electrons. The van der Waals surface area contributed by atoms with Crippen molar-refractivity contribution in [3.63, 3.8) is 0 Å². The van der Waals surface area contributed by atoms with Gasteiger partial charge in [-0.15, -0.1) is 0 Å². The first-order valence-electron chi connectivity index (χ1n) is 3.49. The van der Waals surface area contributed by atoms with E-state index in [-0.39, 0.29) is 10.7 Å². The number of hydrogen-bond donors (Lipinski definition) is 0. The highest BCUT2D eigenvalue weighted by Crippen LogP contribution is 2.21. The highest BCUT2D eigenvalue weighted by atomic mass is 35.5. The molecule has 0 aliphatic carbocycles. The van der Waals surface area contributed by atoms with E-state index >= 15 is 0 Å². The van der Waals surface area contributed by atoms with E-state index in [2.05, 4.69) is 11.8 Å². The number of nitro benzene ring substituents is 1. The number of hydrogen-bond acceptors (Lipinski definition) is 3. The van der Waals surface area contributed by atoms with Gasteiger partial charge in [0, 0.05) is 23.6 Å². The van der Waals surface area contributed by atoms with Crippen LogP contribution in [0.15, 0.2) is 18.2 Å². The van der Waals surface area contributed by atoms with Gasteiger partial charge in [0.05, 0.1) is 9.95 Å². The number of halogens is 1. The molecule has 0 heterocycles. The molecule has 5 heteroatoms. The topological polar surface area (TPSA) is 66.9 Å². The van der Waals surface area contributed by atoms with Gasteiger partial charge in [-0.05, 0) is 12.0 Å². The van der Waals surface area contributed by atoms with Crippen LogP contribution >= 0.6 is 11.6 Å². The summed E-state index contributed by atoms with van der Waals surface area (Å²) in [5, 5.41) is 18.7. The second-order valence-corrected chi connectivity index (χ2v) is 2.69. The summed E-state index contributed by atoms with van der Waals surface area (Å²) in [4.78, 5) is 9.79. The Bertz CT molecular complexity index is 480. The first-order chi connectivity index (χ1) is 6.65. The lowest BCUT2D eigenvalue weighted by molar-refractivity contribution is -0.384. The maximum atomic E-state index is 10.3. The molecular weight excluding hydrogens is 204 g/mol. The molecule has 0 bridgehead atoms. The van der Waals surface area contributed by atoms with Gasteiger partial charge in [0.2, 0.25) is 0 Å². The highest BCUT2D eigenvalue weighted by Gasteiger charge is 2.07. The lowest BCUT2D eigenvalue weighted by Gasteiger charge is -1.94. The van der Waals surface area contributed by atoms with Crippen molar-refractivity contribution in [2.75, 3.05) is 0 Å². The second kappa shape index (κ2) is 4.27. The van der Waals surface area contributed by atoms with Gasteiger partial charge in [-0.3, -0.25) is 10.1 Å². The minimum Gasteiger partial charge on any atom is -0.258 e. The van der Waals surface area contributed by atoms with Crippen molar-refractivity contribution in [1.29, 1.82) is 5.26 Å². The Hall–Kier alpha value is -2.04. The fourth-order valence-electron chi connectivity index (χ4n) is 0.814. The number of non-ortho nitro benzene ring substituents is 1. The van der Waals surface area contributed by atoms with Crippen LogP contribution in [0.4, 0.5) is 5.69 Å². The predicted octanol–water partition coefficient (Wildman–Crippen LogP) is 2.12. The molecule has 0 N–H and O–H groups in total. The third-order valence-electron chi connectivity index (χ3n) is 1.42. The zero-order valence-electron chi connectivity index (χ0n) is 6.82. The third-order valence-corrected chi connectivity index (χ3v) is 1.73. The van der Waals surface area contributed by atoms with E-state index in [4.69, 9.17) is 16.9 Å². The number of rotatable bonds is 1. The molecule has 1 rings (SSSR count). The maximum Gasteiger partial charge on any atom is 0.271 e. The van der Waals surface area contributed by atoms with Crippen LogP contribution in [0.2, 0.25) is 5.02 Å². The van der Waals surface area contributed by atoms with Crippen molar-refractivity contribution >= 4 is 17.3 Å². The molecular formula is C9H3ClN2O2. The Morgan fingerprint density at radius 2 is 2.21 bits per heavy atom. The second-order valence-electron chi connectivity index (χ2n) is 2.28. The summed E-state index contributed by atoms with van der Waals surface area (Å²) in [5.74, 6) is 4.62. The first kappa shape index (κ1) is 10.0. The average Bonchev–Trinajstić information content (AvgIpc) is 2.15. The Morgan fingerprint density at radius 1 is 1.50 bits per heavy atom. The molecule has 0 aromatic heterocycles. The van der Waals surface area contributed by atoms with Gasteiger partial charge < -0.3 is 0 Å². The van der Waals surface area contributed by atoms with E-state index in [1.165, 1.54) is 18.2 Å². The van der Waals surface area contributed by atoms with Crippen LogP contribution < -0.4 is 0 Å². The van der Waals surface area contributed by atoms with Gasteiger partial charge in [0.25, 0.3) is 5.69 Å². The lowest BCUT2D eigenvalue weighted by Crippen LogP contribution is -1.88. The molecule has 1 aromatic rings. The average molecular weight is 207 g/mol. The van der Waals surface area contributed by atoms with Crippen LogP contribution in [0.5, 0.6) is 0 Å². The van der Waals surface area contributed by atoms with Crippen LogP contribution in [-0.2, 0) is 0 Å². The summed E-state index contributed by atoms with van der Waals surface area (Å²) in [6.07, 6.45) is 0. The fraction of sp³-hybridized carbons (Fsp3) is 0.